The molecule has 0 aliphatic heterocycles. The van der Waals surface area contributed by atoms with Gasteiger partial charge in [-0.3, -0.25) is 0 Å². The molecule has 0 aromatic carbocycles. The number of rotatable bonds is 1. The Morgan fingerprint density at radius 1 is 1.55 bits per heavy atom. The van der Waals surface area contributed by atoms with Crippen LogP contribution in [0, 0.1) is 10.1 Å². The van der Waals surface area contributed by atoms with E-state index in [0.29, 0.717) is 0 Å². The number of amides is 1. The summed E-state index contributed by atoms with van der Waals surface area (Å²) < 4.78 is 4.56. The maximum atomic E-state index is 10.5. The minimum absolute atomic E-state index is 0.708. The molecule has 64 valence electrons. The van der Waals surface area contributed by atoms with Crippen LogP contribution in [-0.2, 0) is 4.74 Å². The van der Waals surface area contributed by atoms with Crippen LogP contribution in [0.5, 0.6) is 0 Å². The van der Waals surface area contributed by atoms with Gasteiger partial charge in [0, 0.05) is 0 Å². The first kappa shape index (κ1) is 9.67. The summed E-state index contributed by atoms with van der Waals surface area (Å²) in [7, 11) is 0. The van der Waals surface area contributed by atoms with Gasteiger partial charge in [-0.15, -0.1) is 0 Å². The molecular formula is C5H10N2O4. The van der Waals surface area contributed by atoms with Crippen molar-refractivity contribution in [2.45, 2.75) is 26.4 Å². The third kappa shape index (κ3) is 6.56. The van der Waals surface area contributed by atoms with E-state index >= 15 is 0 Å². The molecule has 0 aliphatic rings. The highest BCUT2D eigenvalue weighted by atomic mass is 16.7. The zero-order valence-electron chi connectivity index (χ0n) is 6.58. The summed E-state index contributed by atoms with van der Waals surface area (Å²) in [4.78, 5) is 20.2. The van der Waals surface area contributed by atoms with E-state index in [1.807, 2.05) is 0 Å². The fourth-order valence-corrected chi connectivity index (χ4v) is 0.375. The molecule has 0 aromatic heterocycles. The van der Waals surface area contributed by atoms with Crippen LogP contribution in [-0.4, -0.2) is 16.7 Å². The van der Waals surface area contributed by atoms with Gasteiger partial charge in [0.05, 0.1) is 0 Å². The topological polar surface area (TPSA) is 81.5 Å². The van der Waals surface area contributed by atoms with Crippen molar-refractivity contribution < 1.29 is 14.6 Å². The van der Waals surface area contributed by atoms with Crippen molar-refractivity contribution in [1.29, 1.82) is 0 Å². The SMILES string of the molecule is CC(C)(C)OC(=O)N[N+](=O)[O-]. The van der Waals surface area contributed by atoms with Crippen LogP contribution in [0.4, 0.5) is 4.79 Å². The molecule has 0 rings (SSSR count). The smallest absolute Gasteiger partial charge is 0.440 e. The number of nitrogens with zero attached hydrogens (tertiary/aromatic N) is 1. The summed E-state index contributed by atoms with van der Waals surface area (Å²) in [6.07, 6.45) is -1.05. The van der Waals surface area contributed by atoms with E-state index in [2.05, 4.69) is 4.74 Å². The first-order valence-corrected chi connectivity index (χ1v) is 2.95. The molecule has 6 nitrogen and oxygen atoms in total. The molecule has 0 radical (unpaired) electrons. The second kappa shape index (κ2) is 3.18. The second-order valence-electron chi connectivity index (χ2n) is 2.87. The lowest BCUT2D eigenvalue weighted by Crippen LogP contribution is -2.35. The summed E-state index contributed by atoms with van der Waals surface area (Å²) in [5, 5.41) is 8.72. The molecule has 0 heterocycles. The van der Waals surface area contributed by atoms with Crippen LogP contribution in [0.25, 0.3) is 0 Å². The molecular weight excluding hydrogens is 152 g/mol. The molecule has 6 heteroatoms. The van der Waals surface area contributed by atoms with Crippen LogP contribution < -0.4 is 5.43 Å². The summed E-state index contributed by atoms with van der Waals surface area (Å²) in [6.45, 7) is 4.85. The third-order valence-corrected chi connectivity index (χ3v) is 0.581. The van der Waals surface area contributed by atoms with Crippen LogP contribution in [0.2, 0.25) is 0 Å². The minimum atomic E-state index is -1.05. The predicted molar refractivity (Wildman–Crippen MR) is 36.4 cm³/mol. The van der Waals surface area contributed by atoms with Gasteiger partial charge in [0.25, 0.3) is 0 Å². The molecule has 0 unspecified atom stereocenters. The van der Waals surface area contributed by atoms with Gasteiger partial charge in [-0.25, -0.2) is 14.9 Å². The predicted octanol–water partition coefficient (Wildman–Crippen LogP) is 0.703. The summed E-state index contributed by atoms with van der Waals surface area (Å²) in [5.74, 6) is 0. The van der Waals surface area contributed by atoms with Crippen molar-refractivity contribution in [1.82, 2.24) is 5.43 Å². The maximum absolute atomic E-state index is 10.5. The van der Waals surface area contributed by atoms with Gasteiger partial charge in [-0.05, 0) is 26.2 Å². The normalized spacial score (nSPS) is 10.5. The summed E-state index contributed by atoms with van der Waals surface area (Å²) in [6, 6.07) is 0. The molecule has 0 fully saturated rings. The first-order valence-electron chi connectivity index (χ1n) is 2.95. The molecule has 0 spiro atoms. The monoisotopic (exact) mass is 162 g/mol. The zero-order valence-corrected chi connectivity index (χ0v) is 6.58. The molecule has 1 N–H and O–H groups in total. The van der Waals surface area contributed by atoms with E-state index in [1.165, 1.54) is 5.43 Å². The number of nitro groups is 1. The Balaban J connectivity index is 3.80. The van der Waals surface area contributed by atoms with E-state index < -0.39 is 16.7 Å². The van der Waals surface area contributed by atoms with Gasteiger partial charge in [0.1, 0.15) is 5.60 Å². The van der Waals surface area contributed by atoms with Crippen molar-refractivity contribution >= 4 is 6.09 Å². The first-order chi connectivity index (χ1) is 4.81. The van der Waals surface area contributed by atoms with Crippen molar-refractivity contribution in [3.05, 3.63) is 10.1 Å². The summed E-state index contributed by atoms with van der Waals surface area (Å²) >= 11 is 0. The van der Waals surface area contributed by atoms with Crippen LogP contribution in [0.1, 0.15) is 20.8 Å². The lowest BCUT2D eigenvalue weighted by atomic mass is 10.2. The molecule has 0 bridgehead atoms. The van der Waals surface area contributed by atoms with Gasteiger partial charge >= 0.3 is 6.09 Å². The fourth-order valence-electron chi connectivity index (χ4n) is 0.375. The second-order valence-corrected chi connectivity index (χ2v) is 2.87. The lowest BCUT2D eigenvalue weighted by Gasteiger charge is -2.17. The maximum Gasteiger partial charge on any atom is 0.466 e. The van der Waals surface area contributed by atoms with Gasteiger partial charge in [-0.1, -0.05) is 0 Å². The van der Waals surface area contributed by atoms with Gasteiger partial charge in [-0.2, -0.15) is 0 Å². The number of ether oxygens (including phenoxy) is 1. The van der Waals surface area contributed by atoms with Crippen LogP contribution in [0.3, 0.4) is 0 Å². The van der Waals surface area contributed by atoms with Crippen molar-refractivity contribution in [2.24, 2.45) is 0 Å². The van der Waals surface area contributed by atoms with E-state index in [1.54, 1.807) is 20.8 Å². The van der Waals surface area contributed by atoms with Crippen molar-refractivity contribution in [2.75, 3.05) is 0 Å². The molecule has 0 aliphatic carbocycles. The Morgan fingerprint density at radius 3 is 2.27 bits per heavy atom. The Morgan fingerprint density at radius 2 is 2.00 bits per heavy atom. The number of hydrazine groups is 1. The Kier molecular flexibility index (Phi) is 2.79. The number of hydrogen-bond acceptors (Lipinski definition) is 4. The number of carbonyl (C=O) groups is 1. The Hall–Kier alpha value is -1.33. The molecule has 0 saturated carbocycles. The lowest BCUT2D eigenvalue weighted by molar-refractivity contribution is -0.530. The summed E-state index contributed by atoms with van der Waals surface area (Å²) in [5.41, 5.74) is 0.652. The van der Waals surface area contributed by atoms with E-state index in [9.17, 15) is 14.9 Å². The molecule has 1 amide bonds. The quantitative estimate of drug-likeness (QED) is 0.454. The van der Waals surface area contributed by atoms with E-state index in [4.69, 9.17) is 0 Å². The standard InChI is InChI=1S/C5H10N2O4/c1-5(2,3)11-4(8)6-7(9)10/h1-3H3,(H,6,8). The van der Waals surface area contributed by atoms with Gasteiger partial charge < -0.3 is 4.74 Å². The van der Waals surface area contributed by atoms with Crippen LogP contribution >= 0.6 is 0 Å². The van der Waals surface area contributed by atoms with Gasteiger partial charge in [0.15, 0.2) is 5.03 Å². The molecule has 0 aromatic rings. The third-order valence-electron chi connectivity index (χ3n) is 0.581. The average molecular weight is 162 g/mol. The van der Waals surface area contributed by atoms with Crippen LogP contribution in [0.15, 0.2) is 0 Å². The Labute approximate surface area is 63.6 Å². The number of nitrogens with one attached hydrogen (secondary N) is 1. The average Bonchev–Trinajstić information content (AvgIpc) is 1.53. The highest BCUT2D eigenvalue weighted by Gasteiger charge is 2.18. The molecule has 0 saturated heterocycles. The largest absolute Gasteiger partial charge is 0.466 e. The molecule has 11 heavy (non-hydrogen) atoms. The van der Waals surface area contributed by atoms with Crippen molar-refractivity contribution in [3.8, 4) is 0 Å². The number of carbonyl (C=O) groups excluding carboxylic acids is 1. The zero-order chi connectivity index (χ0) is 9.07. The highest BCUT2D eigenvalue weighted by molar-refractivity contribution is 5.66. The van der Waals surface area contributed by atoms with Gasteiger partial charge in [0.2, 0.25) is 0 Å². The fraction of sp³-hybridized carbons (Fsp3) is 0.800. The minimum Gasteiger partial charge on any atom is -0.440 e. The Bertz CT molecular complexity index is 172. The molecule has 0 atom stereocenters. The van der Waals surface area contributed by atoms with E-state index in [0.717, 1.165) is 0 Å². The highest BCUT2D eigenvalue weighted by Crippen LogP contribution is 2.05. The number of hydrogen-bond donors (Lipinski definition) is 1. The van der Waals surface area contributed by atoms with E-state index in [-0.39, 0.29) is 0 Å². The van der Waals surface area contributed by atoms with Crippen molar-refractivity contribution in [3.63, 3.8) is 0 Å².